The fourth-order valence-electron chi connectivity index (χ4n) is 2.53. The summed E-state index contributed by atoms with van der Waals surface area (Å²) in [6.07, 6.45) is 1.70. The minimum absolute atomic E-state index is 0.154. The molecule has 6 nitrogen and oxygen atoms in total. The number of nitrogens with zero attached hydrogens (tertiary/aromatic N) is 2. The van der Waals surface area contributed by atoms with E-state index >= 15 is 0 Å². The van der Waals surface area contributed by atoms with Crippen LogP contribution in [0.4, 0.5) is 0 Å². The highest BCUT2D eigenvalue weighted by Gasteiger charge is 2.19. The molecule has 1 amide bonds. The first-order valence-electron chi connectivity index (χ1n) is 8.42. The lowest BCUT2D eigenvalue weighted by Crippen LogP contribution is -2.29. The Kier molecular flexibility index (Phi) is 7.31. The molecule has 0 spiro atoms. The number of oxime groups is 2. The average Bonchev–Trinajstić information content (AvgIpc) is 2.72. The van der Waals surface area contributed by atoms with E-state index in [9.17, 15) is 4.79 Å². The summed E-state index contributed by atoms with van der Waals surface area (Å²) in [7, 11) is 2.93. The molecule has 0 atom stereocenters. The van der Waals surface area contributed by atoms with Gasteiger partial charge in [-0.25, -0.2) is 0 Å². The Bertz CT molecular complexity index is 858. The summed E-state index contributed by atoms with van der Waals surface area (Å²) in [5.41, 5.74) is 4.06. The molecule has 0 saturated heterocycles. The third kappa shape index (κ3) is 5.04. The lowest BCUT2D eigenvalue weighted by atomic mass is 9.97. The van der Waals surface area contributed by atoms with Crippen molar-refractivity contribution in [2.75, 3.05) is 14.2 Å². The minimum Gasteiger partial charge on any atom is -0.398 e. The lowest BCUT2D eigenvalue weighted by molar-refractivity contribution is -0.114. The van der Waals surface area contributed by atoms with Crippen molar-refractivity contribution < 1.29 is 14.5 Å². The fourth-order valence-corrected chi connectivity index (χ4v) is 2.53. The number of hydrogen-bond donors (Lipinski definition) is 1. The van der Waals surface area contributed by atoms with Gasteiger partial charge in [0.2, 0.25) is 0 Å². The van der Waals surface area contributed by atoms with E-state index in [0.717, 1.165) is 22.4 Å². The monoisotopic (exact) mass is 365 g/mol. The third-order valence-corrected chi connectivity index (χ3v) is 3.91. The van der Waals surface area contributed by atoms with Gasteiger partial charge in [-0.2, -0.15) is 0 Å². The van der Waals surface area contributed by atoms with Crippen LogP contribution in [0.25, 0.3) is 6.08 Å². The maximum atomic E-state index is 12.2. The highest BCUT2D eigenvalue weighted by molar-refractivity contribution is 6.45. The molecule has 0 aromatic heterocycles. The van der Waals surface area contributed by atoms with Crippen LogP contribution < -0.4 is 5.32 Å². The van der Waals surface area contributed by atoms with Gasteiger partial charge >= 0.3 is 0 Å². The van der Waals surface area contributed by atoms with Crippen molar-refractivity contribution in [3.63, 3.8) is 0 Å². The molecule has 0 aliphatic carbocycles. The molecule has 0 aliphatic heterocycles. The van der Waals surface area contributed by atoms with Crippen LogP contribution in [0, 0.1) is 0 Å². The number of carbonyl (C=O) groups is 1. The van der Waals surface area contributed by atoms with E-state index in [1.54, 1.807) is 12.1 Å². The lowest BCUT2D eigenvalue weighted by Gasteiger charge is -2.13. The quantitative estimate of drug-likeness (QED) is 0.576. The molecule has 2 rings (SSSR count). The minimum atomic E-state index is -0.358. The molecule has 1 N–H and O–H groups in total. The Morgan fingerprint density at radius 1 is 1.15 bits per heavy atom. The van der Waals surface area contributed by atoms with Crippen LogP contribution in [0.1, 0.15) is 29.2 Å². The fraction of sp³-hybridized carbons (Fsp3) is 0.190. The van der Waals surface area contributed by atoms with E-state index in [1.807, 2.05) is 49.4 Å². The summed E-state index contributed by atoms with van der Waals surface area (Å²) in [6, 6.07) is 15.2. The maximum Gasteiger partial charge on any atom is 0.273 e. The molecular formula is C21H23N3O3. The largest absolute Gasteiger partial charge is 0.398 e. The first kappa shape index (κ1) is 19.9. The molecular weight excluding hydrogens is 342 g/mol. The van der Waals surface area contributed by atoms with Gasteiger partial charge in [0.05, 0.1) is 5.71 Å². The number of rotatable bonds is 8. The van der Waals surface area contributed by atoms with Crippen molar-refractivity contribution in [2.24, 2.45) is 10.3 Å². The van der Waals surface area contributed by atoms with Crippen molar-refractivity contribution in [1.29, 1.82) is 0 Å². The second-order valence-electron chi connectivity index (χ2n) is 5.60. The van der Waals surface area contributed by atoms with Crippen LogP contribution in [0.5, 0.6) is 0 Å². The van der Waals surface area contributed by atoms with E-state index < -0.39 is 0 Å². The summed E-state index contributed by atoms with van der Waals surface area (Å²) in [5.74, 6) is -0.358. The summed E-state index contributed by atoms with van der Waals surface area (Å²) in [5, 5.41) is 10.6. The Morgan fingerprint density at radius 2 is 1.89 bits per heavy atom. The van der Waals surface area contributed by atoms with Crippen molar-refractivity contribution >= 4 is 23.4 Å². The van der Waals surface area contributed by atoms with E-state index in [0.29, 0.717) is 5.56 Å². The smallest absolute Gasteiger partial charge is 0.273 e. The van der Waals surface area contributed by atoms with Crippen molar-refractivity contribution in [3.8, 4) is 0 Å². The van der Waals surface area contributed by atoms with Gasteiger partial charge in [-0.05, 0) is 18.1 Å². The van der Waals surface area contributed by atoms with Gasteiger partial charge in [0.25, 0.3) is 5.91 Å². The van der Waals surface area contributed by atoms with Crippen molar-refractivity contribution in [2.45, 2.75) is 13.5 Å². The van der Waals surface area contributed by atoms with Crippen LogP contribution in [0.3, 0.4) is 0 Å². The first-order chi connectivity index (χ1) is 13.1. The number of likely N-dealkylation sites (N-methyl/N-ethyl adjacent to an activating group) is 1. The molecule has 0 aliphatic rings. The molecule has 27 heavy (non-hydrogen) atoms. The topological polar surface area (TPSA) is 72.3 Å². The van der Waals surface area contributed by atoms with Crippen molar-refractivity contribution in [3.05, 3.63) is 77.4 Å². The van der Waals surface area contributed by atoms with Gasteiger partial charge in [-0.1, -0.05) is 71.5 Å². The molecule has 140 valence electrons. The van der Waals surface area contributed by atoms with Gasteiger partial charge in [-0.15, -0.1) is 0 Å². The second kappa shape index (κ2) is 9.91. The number of hydrogen-bond acceptors (Lipinski definition) is 5. The zero-order valence-corrected chi connectivity index (χ0v) is 15.7. The first-order valence-corrected chi connectivity index (χ1v) is 8.42. The Morgan fingerprint density at radius 3 is 2.52 bits per heavy atom. The Balaban J connectivity index is 2.34. The third-order valence-electron chi connectivity index (χ3n) is 3.91. The molecule has 0 heterocycles. The standard InChI is InChI=1S/C21H23N3O3/c1-5-16-12-9-13-18(20(24-26-4)21(25)22-3)19(16)14-27-23-15(2)17-10-7-6-8-11-17/h5-13H,1,14H2,2-4H3,(H,22,25)/b23-15+,24-20+. The summed E-state index contributed by atoms with van der Waals surface area (Å²) < 4.78 is 0. The molecule has 0 radical (unpaired) electrons. The maximum absolute atomic E-state index is 12.2. The zero-order chi connectivity index (χ0) is 19.6. The number of carbonyl (C=O) groups excluding carboxylic acids is 1. The van der Waals surface area contributed by atoms with Crippen LogP contribution in [0.2, 0.25) is 0 Å². The number of amides is 1. The van der Waals surface area contributed by atoms with Gasteiger partial charge in [0.1, 0.15) is 13.7 Å². The van der Waals surface area contributed by atoms with Gasteiger partial charge < -0.3 is 15.0 Å². The summed E-state index contributed by atoms with van der Waals surface area (Å²) in [6.45, 7) is 5.86. The van der Waals surface area contributed by atoms with Gasteiger partial charge in [-0.3, -0.25) is 4.79 Å². The molecule has 0 unspecified atom stereocenters. The van der Waals surface area contributed by atoms with E-state index in [1.165, 1.54) is 14.2 Å². The zero-order valence-electron chi connectivity index (χ0n) is 15.7. The van der Waals surface area contributed by atoms with Gasteiger partial charge in [0.15, 0.2) is 5.71 Å². The predicted octanol–water partition coefficient (Wildman–Crippen LogP) is 3.37. The van der Waals surface area contributed by atoms with Crippen LogP contribution in [0.15, 0.2) is 65.4 Å². The number of benzene rings is 2. The average molecular weight is 365 g/mol. The van der Waals surface area contributed by atoms with E-state index in [-0.39, 0.29) is 18.2 Å². The normalized spacial score (nSPS) is 11.7. The molecule has 0 saturated carbocycles. The van der Waals surface area contributed by atoms with E-state index in [2.05, 4.69) is 22.2 Å². The molecule has 2 aromatic carbocycles. The van der Waals surface area contributed by atoms with Crippen molar-refractivity contribution in [1.82, 2.24) is 5.32 Å². The number of nitrogens with one attached hydrogen (secondary N) is 1. The van der Waals surface area contributed by atoms with Crippen LogP contribution >= 0.6 is 0 Å². The Hall–Kier alpha value is -3.41. The van der Waals surface area contributed by atoms with E-state index in [4.69, 9.17) is 9.68 Å². The molecule has 2 aromatic rings. The SMILES string of the molecule is C=Cc1cccc(/C(=N\OC)C(=O)NC)c1CO/N=C(\C)c1ccccc1. The second-order valence-corrected chi connectivity index (χ2v) is 5.60. The molecule has 0 fully saturated rings. The Labute approximate surface area is 159 Å². The highest BCUT2D eigenvalue weighted by Crippen LogP contribution is 2.19. The summed E-state index contributed by atoms with van der Waals surface area (Å²) >= 11 is 0. The van der Waals surface area contributed by atoms with Crippen LogP contribution in [-0.2, 0) is 21.1 Å². The summed E-state index contributed by atoms with van der Waals surface area (Å²) in [4.78, 5) is 22.6. The van der Waals surface area contributed by atoms with Gasteiger partial charge in [0, 0.05) is 18.2 Å². The molecule has 0 bridgehead atoms. The highest BCUT2D eigenvalue weighted by atomic mass is 16.6. The molecule has 6 heteroatoms. The predicted molar refractivity (Wildman–Crippen MR) is 108 cm³/mol. The van der Waals surface area contributed by atoms with Crippen LogP contribution in [-0.4, -0.2) is 31.5 Å².